The lowest BCUT2D eigenvalue weighted by molar-refractivity contribution is 0.398. The molecule has 0 aliphatic heterocycles. The first-order chi connectivity index (χ1) is 8.20. The van der Waals surface area contributed by atoms with Gasteiger partial charge < -0.3 is 5.32 Å². The number of benzene rings is 1. The van der Waals surface area contributed by atoms with Crippen LogP contribution in [0.4, 0.5) is 0 Å². The lowest BCUT2D eigenvalue weighted by Crippen LogP contribution is -2.35. The molecule has 0 heterocycles. The fraction of sp³-hybridized carbons (Fsp3) is 0.538. The number of rotatable bonds is 3. The van der Waals surface area contributed by atoms with Crippen LogP contribution in [0.15, 0.2) is 33.6 Å². The summed E-state index contributed by atoms with van der Waals surface area (Å²) in [5.41, 5.74) is 0. The molecule has 0 radical (unpaired) electrons. The third kappa shape index (κ3) is 3.39. The highest BCUT2D eigenvalue weighted by Crippen LogP contribution is 2.26. The summed E-state index contributed by atoms with van der Waals surface area (Å²) in [6.07, 6.45) is 4.50. The van der Waals surface area contributed by atoms with Gasteiger partial charge in [0.05, 0.1) is 10.8 Å². The molecule has 1 saturated carbocycles. The van der Waals surface area contributed by atoms with Crippen molar-refractivity contribution < 1.29 is 4.21 Å². The van der Waals surface area contributed by atoms with E-state index in [-0.39, 0.29) is 0 Å². The Morgan fingerprint density at radius 3 is 2.65 bits per heavy atom. The molecule has 1 aliphatic carbocycles. The molecule has 0 saturated heterocycles. The molecule has 0 bridgehead atoms. The highest BCUT2D eigenvalue weighted by atomic mass is 79.9. The molecular formula is C13H18BrNOS. The minimum Gasteiger partial charge on any atom is -0.317 e. The van der Waals surface area contributed by atoms with Crippen LogP contribution in [0.5, 0.6) is 0 Å². The highest BCUT2D eigenvalue weighted by Gasteiger charge is 2.26. The van der Waals surface area contributed by atoms with Crippen LogP contribution in [0.2, 0.25) is 0 Å². The van der Waals surface area contributed by atoms with Crippen LogP contribution in [-0.2, 0) is 10.8 Å². The van der Waals surface area contributed by atoms with Gasteiger partial charge in [-0.2, -0.15) is 0 Å². The summed E-state index contributed by atoms with van der Waals surface area (Å²) in [6, 6.07) is 8.39. The topological polar surface area (TPSA) is 29.1 Å². The van der Waals surface area contributed by atoms with Crippen LogP contribution in [0, 0.1) is 0 Å². The molecule has 17 heavy (non-hydrogen) atoms. The first-order valence-electron chi connectivity index (χ1n) is 6.04. The zero-order valence-electron chi connectivity index (χ0n) is 9.99. The van der Waals surface area contributed by atoms with Gasteiger partial charge in [0.2, 0.25) is 0 Å². The van der Waals surface area contributed by atoms with Gasteiger partial charge in [0.1, 0.15) is 0 Å². The van der Waals surface area contributed by atoms with Crippen molar-refractivity contribution in [3.8, 4) is 0 Å². The fourth-order valence-corrected chi connectivity index (χ4v) is 4.20. The zero-order chi connectivity index (χ0) is 12.3. The number of hydrogen-bond acceptors (Lipinski definition) is 2. The normalized spacial score (nSPS) is 26.7. The van der Waals surface area contributed by atoms with E-state index >= 15 is 0 Å². The van der Waals surface area contributed by atoms with Gasteiger partial charge in [-0.25, -0.2) is 0 Å². The molecule has 1 aromatic carbocycles. The molecule has 3 atom stereocenters. The number of hydrogen-bond donors (Lipinski definition) is 1. The van der Waals surface area contributed by atoms with E-state index in [1.54, 1.807) is 0 Å². The van der Waals surface area contributed by atoms with E-state index in [1.807, 2.05) is 31.3 Å². The van der Waals surface area contributed by atoms with Crippen LogP contribution in [0.1, 0.15) is 25.7 Å². The quantitative estimate of drug-likeness (QED) is 0.928. The second-order valence-corrected chi connectivity index (χ2v) is 7.17. The lowest BCUT2D eigenvalue weighted by atomic mass is 9.95. The molecule has 2 nitrogen and oxygen atoms in total. The zero-order valence-corrected chi connectivity index (χ0v) is 12.4. The van der Waals surface area contributed by atoms with Gasteiger partial charge >= 0.3 is 0 Å². The van der Waals surface area contributed by atoms with E-state index in [0.29, 0.717) is 11.3 Å². The summed E-state index contributed by atoms with van der Waals surface area (Å²) in [5, 5.41) is 3.62. The van der Waals surface area contributed by atoms with Crippen LogP contribution in [0.25, 0.3) is 0 Å². The van der Waals surface area contributed by atoms with E-state index in [2.05, 4.69) is 21.2 Å². The standard InChI is InChI=1S/C13H18BrNOS/c1-15-11-3-2-4-13(9-11)17(16)12-7-5-10(14)6-8-12/h5-8,11,13,15H,2-4,9H2,1H3. The largest absolute Gasteiger partial charge is 0.317 e. The Balaban J connectivity index is 2.06. The van der Waals surface area contributed by atoms with Crippen LogP contribution in [0.3, 0.4) is 0 Å². The third-order valence-electron chi connectivity index (χ3n) is 3.38. The maximum Gasteiger partial charge on any atom is 0.0561 e. The molecule has 0 spiro atoms. The molecule has 2 rings (SSSR count). The summed E-state index contributed by atoms with van der Waals surface area (Å²) in [6.45, 7) is 0. The van der Waals surface area contributed by atoms with E-state index in [9.17, 15) is 4.21 Å². The predicted molar refractivity (Wildman–Crippen MR) is 75.7 cm³/mol. The van der Waals surface area contributed by atoms with Gasteiger partial charge in [0.25, 0.3) is 0 Å². The van der Waals surface area contributed by atoms with Crippen LogP contribution in [-0.4, -0.2) is 22.5 Å². The highest BCUT2D eigenvalue weighted by molar-refractivity contribution is 9.10. The first kappa shape index (κ1) is 13.2. The van der Waals surface area contributed by atoms with E-state index < -0.39 is 10.8 Å². The summed E-state index contributed by atoms with van der Waals surface area (Å²) >= 11 is 3.40. The van der Waals surface area contributed by atoms with Gasteiger partial charge in [0, 0.05) is 20.7 Å². The molecule has 3 unspecified atom stereocenters. The van der Waals surface area contributed by atoms with Crippen molar-refractivity contribution in [2.75, 3.05) is 7.05 Å². The maximum atomic E-state index is 12.4. The van der Waals surface area contributed by atoms with Crippen molar-refractivity contribution in [1.82, 2.24) is 5.32 Å². The van der Waals surface area contributed by atoms with Gasteiger partial charge in [-0.1, -0.05) is 22.4 Å². The van der Waals surface area contributed by atoms with E-state index in [1.165, 1.54) is 12.8 Å². The molecule has 1 N–H and O–H groups in total. The predicted octanol–water partition coefficient (Wildman–Crippen LogP) is 3.09. The van der Waals surface area contributed by atoms with Crippen molar-refractivity contribution in [3.63, 3.8) is 0 Å². The molecular weight excluding hydrogens is 298 g/mol. The van der Waals surface area contributed by atoms with E-state index in [0.717, 1.165) is 22.2 Å². The summed E-state index contributed by atoms with van der Waals surface area (Å²) in [5.74, 6) is 0. The Morgan fingerprint density at radius 2 is 2.00 bits per heavy atom. The van der Waals surface area contributed by atoms with Crippen molar-refractivity contribution in [2.24, 2.45) is 0 Å². The number of halogens is 1. The minimum absolute atomic E-state index is 0.308. The smallest absolute Gasteiger partial charge is 0.0561 e. The Hall–Kier alpha value is -0.190. The molecule has 1 fully saturated rings. The minimum atomic E-state index is -0.861. The summed E-state index contributed by atoms with van der Waals surface area (Å²) in [7, 11) is 1.13. The Morgan fingerprint density at radius 1 is 1.29 bits per heavy atom. The first-order valence-corrected chi connectivity index (χ1v) is 8.04. The van der Waals surface area contributed by atoms with Gasteiger partial charge in [-0.3, -0.25) is 4.21 Å². The van der Waals surface area contributed by atoms with Crippen molar-refractivity contribution in [3.05, 3.63) is 28.7 Å². The molecule has 0 aromatic heterocycles. The SMILES string of the molecule is CNC1CCCC(S(=O)c2ccc(Br)cc2)C1. The second-order valence-electron chi connectivity index (χ2n) is 4.53. The van der Waals surface area contributed by atoms with Crippen molar-refractivity contribution in [2.45, 2.75) is 41.9 Å². The van der Waals surface area contributed by atoms with Gasteiger partial charge in [0.15, 0.2) is 0 Å². The Kier molecular flexibility index (Phi) is 4.77. The average Bonchev–Trinajstić information content (AvgIpc) is 2.39. The molecule has 1 aliphatic rings. The molecule has 1 aromatic rings. The van der Waals surface area contributed by atoms with Crippen LogP contribution >= 0.6 is 15.9 Å². The maximum absolute atomic E-state index is 12.4. The monoisotopic (exact) mass is 315 g/mol. The molecule has 94 valence electrons. The van der Waals surface area contributed by atoms with Gasteiger partial charge in [-0.15, -0.1) is 0 Å². The average molecular weight is 316 g/mol. The Labute approximate surface area is 114 Å². The molecule has 4 heteroatoms. The van der Waals surface area contributed by atoms with E-state index in [4.69, 9.17) is 0 Å². The summed E-state index contributed by atoms with van der Waals surface area (Å²) < 4.78 is 13.5. The van der Waals surface area contributed by atoms with Gasteiger partial charge in [-0.05, 0) is 50.6 Å². The Bertz CT molecular complexity index is 393. The van der Waals surface area contributed by atoms with Crippen LogP contribution < -0.4 is 5.32 Å². The third-order valence-corrected chi connectivity index (χ3v) is 5.68. The molecule has 0 amide bonds. The summed E-state index contributed by atoms with van der Waals surface area (Å²) in [4.78, 5) is 0.954. The lowest BCUT2D eigenvalue weighted by Gasteiger charge is -2.28. The van der Waals surface area contributed by atoms with Crippen molar-refractivity contribution >= 4 is 26.7 Å². The van der Waals surface area contributed by atoms with Crippen molar-refractivity contribution in [1.29, 1.82) is 0 Å². The number of nitrogens with one attached hydrogen (secondary N) is 1. The second kappa shape index (κ2) is 6.12. The fourth-order valence-electron chi connectivity index (χ4n) is 2.36.